The van der Waals surface area contributed by atoms with Crippen molar-refractivity contribution < 1.29 is 26.5 Å². The van der Waals surface area contributed by atoms with Gasteiger partial charge in [0.05, 0.1) is 4.92 Å². The van der Waals surface area contributed by atoms with Crippen LogP contribution in [0.4, 0.5) is 18.9 Å². The zero-order chi connectivity index (χ0) is 14.3. The molecule has 100 valence electrons. The summed E-state index contributed by atoms with van der Waals surface area (Å²) in [6.07, 6.45) is -5.20. The van der Waals surface area contributed by atoms with E-state index >= 15 is 0 Å². The SMILES string of the molecule is Cc1cc([N+](=O)[O-])c(C(F)(F)F)c(S(=O)(=O)Cl)c1. The molecule has 0 fully saturated rings. The number of aryl methyl sites for hydroxylation is 1. The highest BCUT2D eigenvalue weighted by atomic mass is 35.7. The molecule has 0 bridgehead atoms. The molecule has 0 saturated heterocycles. The molecule has 0 aliphatic heterocycles. The van der Waals surface area contributed by atoms with Crippen LogP contribution in [0, 0.1) is 17.0 Å². The van der Waals surface area contributed by atoms with E-state index in [1.54, 1.807) is 0 Å². The van der Waals surface area contributed by atoms with E-state index in [9.17, 15) is 31.7 Å². The quantitative estimate of drug-likeness (QED) is 0.478. The molecule has 1 rings (SSSR count). The Labute approximate surface area is 104 Å². The summed E-state index contributed by atoms with van der Waals surface area (Å²) in [6.45, 7) is 1.22. The molecule has 18 heavy (non-hydrogen) atoms. The van der Waals surface area contributed by atoms with E-state index in [1.807, 2.05) is 0 Å². The summed E-state index contributed by atoms with van der Waals surface area (Å²) in [7, 11) is 0.121. The van der Waals surface area contributed by atoms with E-state index in [0.717, 1.165) is 0 Å². The van der Waals surface area contributed by atoms with Crippen molar-refractivity contribution in [1.29, 1.82) is 0 Å². The second-order valence-corrected chi connectivity index (χ2v) is 5.88. The summed E-state index contributed by atoms with van der Waals surface area (Å²) in [6, 6.07) is 1.27. The van der Waals surface area contributed by atoms with Crippen molar-refractivity contribution in [2.45, 2.75) is 18.0 Å². The lowest BCUT2D eigenvalue weighted by Gasteiger charge is -2.11. The number of nitro benzene ring substituents is 1. The maximum Gasteiger partial charge on any atom is 0.424 e. The van der Waals surface area contributed by atoms with Gasteiger partial charge in [0.2, 0.25) is 0 Å². The first-order chi connectivity index (χ1) is 7.94. The third kappa shape index (κ3) is 2.91. The highest BCUT2D eigenvalue weighted by molar-refractivity contribution is 8.13. The maximum absolute atomic E-state index is 12.7. The molecule has 0 amide bonds. The Hall–Kier alpha value is -1.35. The first kappa shape index (κ1) is 14.7. The molecule has 0 atom stereocenters. The lowest BCUT2D eigenvalue weighted by atomic mass is 10.1. The van der Waals surface area contributed by atoms with Gasteiger partial charge in [0.25, 0.3) is 14.7 Å². The van der Waals surface area contributed by atoms with E-state index < -0.39 is 36.3 Å². The van der Waals surface area contributed by atoms with Crippen LogP contribution in [0.2, 0.25) is 0 Å². The van der Waals surface area contributed by atoms with E-state index in [-0.39, 0.29) is 5.56 Å². The van der Waals surface area contributed by atoms with Crippen LogP contribution in [-0.2, 0) is 15.2 Å². The summed E-state index contributed by atoms with van der Waals surface area (Å²) in [5.41, 5.74) is -3.23. The van der Waals surface area contributed by atoms with Gasteiger partial charge in [-0.2, -0.15) is 13.2 Å². The van der Waals surface area contributed by atoms with E-state index in [1.165, 1.54) is 6.92 Å². The van der Waals surface area contributed by atoms with Crippen molar-refractivity contribution in [2.24, 2.45) is 0 Å². The highest BCUT2D eigenvalue weighted by Crippen LogP contribution is 2.41. The molecule has 1 aromatic rings. The summed E-state index contributed by atoms with van der Waals surface area (Å²) >= 11 is 0. The molecular formula is C8H5ClF3NO4S. The molecule has 0 heterocycles. The zero-order valence-corrected chi connectivity index (χ0v) is 10.2. The second-order valence-electron chi connectivity index (χ2n) is 3.35. The molecule has 0 saturated carbocycles. The Bertz CT molecular complexity index is 612. The third-order valence-electron chi connectivity index (χ3n) is 1.97. The predicted molar refractivity (Wildman–Crippen MR) is 55.9 cm³/mol. The Morgan fingerprint density at radius 1 is 1.33 bits per heavy atom. The summed E-state index contributed by atoms with van der Waals surface area (Å²) < 4.78 is 60.3. The minimum absolute atomic E-state index is 0.0195. The summed E-state index contributed by atoms with van der Waals surface area (Å²) in [5.74, 6) is 0. The largest absolute Gasteiger partial charge is 0.424 e. The number of benzene rings is 1. The molecule has 0 unspecified atom stereocenters. The van der Waals surface area contributed by atoms with E-state index in [2.05, 4.69) is 0 Å². The van der Waals surface area contributed by atoms with Crippen LogP contribution in [-0.4, -0.2) is 13.3 Å². The van der Waals surface area contributed by atoms with Gasteiger partial charge in [-0.25, -0.2) is 8.42 Å². The molecule has 5 nitrogen and oxygen atoms in total. The lowest BCUT2D eigenvalue weighted by molar-refractivity contribution is -0.388. The molecule has 0 N–H and O–H groups in total. The number of nitrogens with zero attached hydrogens (tertiary/aromatic N) is 1. The number of hydrogen-bond acceptors (Lipinski definition) is 4. The fraction of sp³-hybridized carbons (Fsp3) is 0.250. The molecule has 1 aromatic carbocycles. The minimum atomic E-state index is -5.20. The summed E-state index contributed by atoms with van der Waals surface area (Å²) in [4.78, 5) is 7.95. The topological polar surface area (TPSA) is 77.3 Å². The van der Waals surface area contributed by atoms with Crippen molar-refractivity contribution in [1.82, 2.24) is 0 Å². The van der Waals surface area contributed by atoms with Crippen molar-refractivity contribution in [3.63, 3.8) is 0 Å². The van der Waals surface area contributed by atoms with Crippen molar-refractivity contribution in [2.75, 3.05) is 0 Å². The predicted octanol–water partition coefficient (Wildman–Crippen LogP) is 2.85. The van der Waals surface area contributed by atoms with Crippen molar-refractivity contribution in [3.05, 3.63) is 33.4 Å². The first-order valence-electron chi connectivity index (χ1n) is 4.25. The number of halogens is 4. The average molecular weight is 304 g/mol. The average Bonchev–Trinajstić information content (AvgIpc) is 2.12. The number of alkyl halides is 3. The third-order valence-corrected chi connectivity index (χ3v) is 3.31. The molecule has 10 heteroatoms. The number of hydrogen-bond donors (Lipinski definition) is 0. The highest BCUT2D eigenvalue weighted by Gasteiger charge is 2.44. The van der Waals surface area contributed by atoms with E-state index in [0.29, 0.717) is 12.1 Å². The van der Waals surface area contributed by atoms with Crippen LogP contribution < -0.4 is 0 Å². The zero-order valence-electron chi connectivity index (χ0n) is 8.66. The van der Waals surface area contributed by atoms with Crippen molar-refractivity contribution >= 4 is 25.4 Å². The lowest BCUT2D eigenvalue weighted by Crippen LogP contribution is -2.14. The van der Waals surface area contributed by atoms with Crippen LogP contribution in [0.1, 0.15) is 11.1 Å². The van der Waals surface area contributed by atoms with Crippen LogP contribution >= 0.6 is 10.7 Å². The number of nitro groups is 1. The van der Waals surface area contributed by atoms with Gasteiger partial charge in [-0.15, -0.1) is 0 Å². The Kier molecular flexibility index (Phi) is 3.59. The Morgan fingerprint density at radius 2 is 1.83 bits per heavy atom. The van der Waals surface area contributed by atoms with Gasteiger partial charge in [0.1, 0.15) is 4.90 Å². The Morgan fingerprint density at radius 3 is 2.17 bits per heavy atom. The van der Waals surface area contributed by atoms with Gasteiger partial charge in [0, 0.05) is 16.7 Å². The van der Waals surface area contributed by atoms with Crippen LogP contribution in [0.5, 0.6) is 0 Å². The normalized spacial score (nSPS) is 12.5. The minimum Gasteiger partial charge on any atom is -0.258 e. The van der Waals surface area contributed by atoms with Crippen molar-refractivity contribution in [3.8, 4) is 0 Å². The standard InChI is InChI=1S/C8H5ClF3NO4S/c1-4-2-5(13(14)15)7(8(10,11)12)6(3-4)18(9,16)17/h2-3H,1H3. The maximum atomic E-state index is 12.7. The van der Waals surface area contributed by atoms with Crippen LogP contribution in [0.3, 0.4) is 0 Å². The fourth-order valence-electron chi connectivity index (χ4n) is 1.36. The molecule has 0 aromatic heterocycles. The second kappa shape index (κ2) is 4.39. The van der Waals surface area contributed by atoms with Gasteiger partial charge in [-0.3, -0.25) is 10.1 Å². The van der Waals surface area contributed by atoms with Gasteiger partial charge in [-0.05, 0) is 18.6 Å². The summed E-state index contributed by atoms with van der Waals surface area (Å²) in [5, 5.41) is 10.6. The van der Waals surface area contributed by atoms with Gasteiger partial charge < -0.3 is 0 Å². The fourth-order valence-corrected chi connectivity index (χ4v) is 2.51. The molecule has 0 aliphatic rings. The van der Waals surface area contributed by atoms with Gasteiger partial charge >= 0.3 is 6.18 Å². The van der Waals surface area contributed by atoms with Gasteiger partial charge in [0.15, 0.2) is 5.56 Å². The smallest absolute Gasteiger partial charge is 0.258 e. The van der Waals surface area contributed by atoms with Gasteiger partial charge in [-0.1, -0.05) is 0 Å². The first-order valence-corrected chi connectivity index (χ1v) is 6.56. The molecule has 0 aliphatic carbocycles. The molecule has 0 spiro atoms. The van der Waals surface area contributed by atoms with Crippen LogP contribution in [0.25, 0.3) is 0 Å². The molecular weight excluding hydrogens is 299 g/mol. The number of rotatable bonds is 2. The van der Waals surface area contributed by atoms with E-state index in [4.69, 9.17) is 10.7 Å². The molecule has 0 radical (unpaired) electrons. The van der Waals surface area contributed by atoms with Crippen LogP contribution in [0.15, 0.2) is 17.0 Å². The Balaban J connectivity index is 3.88. The monoisotopic (exact) mass is 303 g/mol.